The van der Waals surface area contributed by atoms with Crippen molar-refractivity contribution in [3.63, 3.8) is 0 Å². The van der Waals surface area contributed by atoms with E-state index in [0.29, 0.717) is 54.1 Å². The fourth-order valence-corrected chi connectivity index (χ4v) is 4.70. The number of phenols is 1. The van der Waals surface area contributed by atoms with E-state index in [4.69, 9.17) is 4.42 Å². The molecule has 0 bridgehead atoms. The van der Waals surface area contributed by atoms with Gasteiger partial charge in [-0.1, -0.05) is 0 Å². The minimum Gasteiger partial charge on any atom is -0.505 e. The van der Waals surface area contributed by atoms with Crippen molar-refractivity contribution in [3.05, 3.63) is 48.7 Å². The second kappa shape index (κ2) is 7.85. The number of fused-ring (bicyclic) bond motifs is 1. The Labute approximate surface area is 181 Å². The van der Waals surface area contributed by atoms with E-state index in [1.807, 2.05) is 0 Å². The van der Waals surface area contributed by atoms with Gasteiger partial charge < -0.3 is 14.8 Å². The number of hydrogen-bond acceptors (Lipinski definition) is 8. The molecule has 32 heavy (non-hydrogen) atoms. The van der Waals surface area contributed by atoms with E-state index in [2.05, 4.69) is 25.0 Å². The van der Waals surface area contributed by atoms with Gasteiger partial charge >= 0.3 is 5.84 Å². The van der Waals surface area contributed by atoms with Crippen LogP contribution in [0.5, 0.6) is 5.75 Å². The maximum absolute atomic E-state index is 13.5. The molecule has 0 unspecified atom stereocenters. The first-order chi connectivity index (χ1) is 15.4. The lowest BCUT2D eigenvalue weighted by atomic mass is 10.1. The van der Waals surface area contributed by atoms with Gasteiger partial charge in [-0.25, -0.2) is 19.1 Å². The lowest BCUT2D eigenvalue weighted by molar-refractivity contribution is 0.432. The van der Waals surface area contributed by atoms with E-state index in [1.54, 1.807) is 22.9 Å². The molecule has 0 aliphatic carbocycles. The van der Waals surface area contributed by atoms with Crippen LogP contribution in [0, 0.1) is 5.82 Å². The molecule has 1 aliphatic heterocycles. The van der Waals surface area contributed by atoms with Gasteiger partial charge in [0.1, 0.15) is 17.7 Å². The van der Waals surface area contributed by atoms with E-state index in [-0.39, 0.29) is 6.54 Å². The third kappa shape index (κ3) is 3.66. The second-order valence-corrected chi connectivity index (χ2v) is 8.78. The smallest absolute Gasteiger partial charge is 0.306 e. The zero-order valence-corrected chi connectivity index (χ0v) is 17.4. The Kier molecular flexibility index (Phi) is 5.00. The molecular weight excluding hydrogens is 441 g/mol. The van der Waals surface area contributed by atoms with Crippen molar-refractivity contribution < 1.29 is 22.3 Å². The maximum Gasteiger partial charge on any atom is 0.306 e. The van der Waals surface area contributed by atoms with Gasteiger partial charge in [0.05, 0.1) is 5.69 Å². The molecule has 3 aromatic heterocycles. The lowest BCUT2D eigenvalue weighted by Crippen LogP contribution is -2.33. The summed E-state index contributed by atoms with van der Waals surface area (Å²) in [6.45, 7) is 1.38. The number of nitrogens with zero attached hydrogens (tertiary/aromatic N) is 5. The number of benzene rings is 1. The number of phenolic OH excluding ortho intramolecular Hbond substituents is 1. The van der Waals surface area contributed by atoms with Crippen LogP contribution in [-0.2, 0) is 10.2 Å². The molecule has 1 fully saturated rings. The van der Waals surface area contributed by atoms with Crippen LogP contribution in [0.1, 0.15) is 0 Å². The number of hydrogen-bond donors (Lipinski definition) is 3. The third-order valence-electron chi connectivity index (χ3n) is 5.01. The fourth-order valence-electron chi connectivity index (χ4n) is 3.50. The first kappa shape index (κ1) is 20.4. The molecular formula is C19H18FN7O4S. The summed E-state index contributed by atoms with van der Waals surface area (Å²) in [5, 5.41) is 12.8. The van der Waals surface area contributed by atoms with Gasteiger partial charge in [0, 0.05) is 44.1 Å². The molecule has 1 aliphatic rings. The van der Waals surface area contributed by atoms with Gasteiger partial charge in [0.2, 0.25) is 5.95 Å². The molecule has 0 radical (unpaired) electrons. The first-order valence-electron chi connectivity index (χ1n) is 9.69. The summed E-state index contributed by atoms with van der Waals surface area (Å²) in [5.74, 6) is -0.617. The van der Waals surface area contributed by atoms with Gasteiger partial charge in [0.25, 0.3) is 10.2 Å². The highest BCUT2D eigenvalue weighted by Crippen LogP contribution is 2.34. The molecule has 5 rings (SSSR count). The Morgan fingerprint density at radius 2 is 2.16 bits per heavy atom. The lowest BCUT2D eigenvalue weighted by Gasteiger charge is -2.13. The summed E-state index contributed by atoms with van der Waals surface area (Å²) < 4.78 is 48.1. The van der Waals surface area contributed by atoms with Crippen molar-refractivity contribution in [1.82, 2.24) is 28.4 Å². The molecule has 1 saturated heterocycles. The highest BCUT2D eigenvalue weighted by molar-refractivity contribution is 7.87. The number of aromatic hydroxyl groups is 1. The average Bonchev–Trinajstić information content (AvgIpc) is 3.44. The first-order valence-corrected chi connectivity index (χ1v) is 11.1. The van der Waals surface area contributed by atoms with Gasteiger partial charge in [-0.3, -0.25) is 4.40 Å². The van der Waals surface area contributed by atoms with Crippen LogP contribution >= 0.6 is 0 Å². The predicted octanol–water partition coefficient (Wildman–Crippen LogP) is 1.46. The van der Waals surface area contributed by atoms with Crippen molar-refractivity contribution >= 4 is 22.0 Å². The summed E-state index contributed by atoms with van der Waals surface area (Å²) in [7, 11) is -3.41. The molecule has 3 N–H and O–H groups in total. The van der Waals surface area contributed by atoms with Crippen LogP contribution in [0.15, 0.2) is 47.3 Å². The minimum absolute atomic E-state index is 0.266. The molecule has 11 nitrogen and oxygen atoms in total. The van der Waals surface area contributed by atoms with Crippen LogP contribution in [0.4, 0.5) is 10.3 Å². The van der Waals surface area contributed by atoms with Gasteiger partial charge in [-0.05, 0) is 24.3 Å². The standard InChI is InChI=1S/C19H18FN7O4S/c20-13-2-1-12(11-15(13)28)16-17(27-9-10-31-19(27)25-16)14-3-4-21-18(24-14)22-5-7-26-8-6-23-32(26,29)30/h1-4,9-11,23,28H,5-8H2,(H,21,22,24). The molecule has 166 valence electrons. The molecule has 13 heteroatoms. The van der Waals surface area contributed by atoms with Crippen LogP contribution in [-0.4, -0.2) is 63.4 Å². The number of anilines is 1. The summed E-state index contributed by atoms with van der Waals surface area (Å²) in [5.41, 5.74) is 2.00. The average molecular weight is 459 g/mol. The van der Waals surface area contributed by atoms with Gasteiger partial charge in [0.15, 0.2) is 11.6 Å². The Morgan fingerprint density at radius 3 is 2.94 bits per heavy atom. The van der Waals surface area contributed by atoms with E-state index in [0.717, 1.165) is 6.07 Å². The van der Waals surface area contributed by atoms with Gasteiger partial charge in [-0.15, -0.1) is 0 Å². The summed E-state index contributed by atoms with van der Waals surface area (Å²) in [6.07, 6.45) is 4.71. The number of rotatable bonds is 6. The van der Waals surface area contributed by atoms with E-state index < -0.39 is 21.8 Å². The highest BCUT2D eigenvalue weighted by Gasteiger charge is 2.27. The van der Waals surface area contributed by atoms with Crippen molar-refractivity contribution in [2.45, 2.75) is 0 Å². The molecule has 4 aromatic rings. The molecule has 0 atom stereocenters. The van der Waals surface area contributed by atoms with Crippen molar-refractivity contribution in [2.24, 2.45) is 0 Å². The molecule has 1 aromatic carbocycles. The zero-order chi connectivity index (χ0) is 22.3. The SMILES string of the molecule is O=S1(=O)NCCN1CCNc1nccc(-c2c(-c3ccc(F)c(O)c3)nc3occn23)n1. The van der Waals surface area contributed by atoms with Crippen LogP contribution in [0.2, 0.25) is 0 Å². The number of nitrogens with one attached hydrogen (secondary N) is 2. The topological polar surface area (TPSA) is 138 Å². The van der Waals surface area contributed by atoms with Crippen LogP contribution < -0.4 is 10.0 Å². The van der Waals surface area contributed by atoms with Crippen molar-refractivity contribution in [2.75, 3.05) is 31.5 Å². The predicted molar refractivity (Wildman–Crippen MR) is 113 cm³/mol. The van der Waals surface area contributed by atoms with Crippen LogP contribution in [0.3, 0.4) is 0 Å². The van der Waals surface area contributed by atoms with Crippen molar-refractivity contribution in [3.8, 4) is 28.4 Å². The number of oxazole rings is 1. The molecule has 0 amide bonds. The van der Waals surface area contributed by atoms with Crippen molar-refractivity contribution in [1.29, 1.82) is 0 Å². The summed E-state index contributed by atoms with van der Waals surface area (Å²) in [4.78, 5) is 13.2. The minimum atomic E-state index is -3.41. The van der Waals surface area contributed by atoms with E-state index in [9.17, 15) is 17.9 Å². The molecule has 0 saturated carbocycles. The third-order valence-corrected chi connectivity index (χ3v) is 6.62. The zero-order valence-electron chi connectivity index (χ0n) is 16.6. The van der Waals surface area contributed by atoms with E-state index in [1.165, 1.54) is 22.7 Å². The van der Waals surface area contributed by atoms with Crippen LogP contribution in [0.25, 0.3) is 28.5 Å². The monoisotopic (exact) mass is 459 g/mol. The Balaban J connectivity index is 1.45. The highest BCUT2D eigenvalue weighted by atomic mass is 32.2. The Bertz CT molecular complexity index is 1400. The Hall–Kier alpha value is -3.55. The second-order valence-electron chi connectivity index (χ2n) is 7.02. The molecule has 0 spiro atoms. The maximum atomic E-state index is 13.5. The largest absolute Gasteiger partial charge is 0.505 e. The normalized spacial score (nSPS) is 16.0. The van der Waals surface area contributed by atoms with E-state index >= 15 is 0 Å². The number of aromatic nitrogens is 4. The number of imidazole rings is 1. The number of halogens is 1. The van der Waals surface area contributed by atoms with Gasteiger partial charge in [-0.2, -0.15) is 17.7 Å². The Morgan fingerprint density at radius 1 is 1.28 bits per heavy atom. The fraction of sp³-hybridized carbons (Fsp3) is 0.211. The summed E-state index contributed by atoms with van der Waals surface area (Å²) in [6, 6.07) is 5.63. The quantitative estimate of drug-likeness (QED) is 0.394. The molecule has 4 heterocycles. The summed E-state index contributed by atoms with van der Waals surface area (Å²) >= 11 is 0.